The predicted octanol–water partition coefficient (Wildman–Crippen LogP) is 1.54. The Balaban J connectivity index is 2.09. The summed E-state index contributed by atoms with van der Waals surface area (Å²) < 4.78 is 5.11. The summed E-state index contributed by atoms with van der Waals surface area (Å²) in [6.45, 7) is 10.6. The van der Waals surface area contributed by atoms with E-state index in [4.69, 9.17) is 4.74 Å². The second-order valence-corrected chi connectivity index (χ2v) is 12.2. The summed E-state index contributed by atoms with van der Waals surface area (Å²) in [7, 11) is 0. The van der Waals surface area contributed by atoms with Crippen molar-refractivity contribution in [3.05, 3.63) is 35.9 Å². The largest absolute Gasteiger partial charge is 0.479 e. The van der Waals surface area contributed by atoms with E-state index in [0.29, 0.717) is 18.4 Å². The average Bonchev–Trinajstić information content (AvgIpc) is 3.46. The molecule has 1 aliphatic heterocycles. The van der Waals surface area contributed by atoms with Gasteiger partial charge in [0.05, 0.1) is 19.2 Å². The van der Waals surface area contributed by atoms with Gasteiger partial charge in [0, 0.05) is 6.54 Å². The van der Waals surface area contributed by atoms with Gasteiger partial charge in [-0.25, -0.2) is 9.59 Å². The maximum Gasteiger partial charge on any atom is 0.407 e. The van der Waals surface area contributed by atoms with Gasteiger partial charge >= 0.3 is 12.1 Å². The van der Waals surface area contributed by atoms with E-state index in [-0.39, 0.29) is 37.3 Å². The first-order chi connectivity index (χ1) is 21.7. The molecule has 2 rings (SSSR count). The monoisotopic (exact) mass is 645 g/mol. The Labute approximate surface area is 269 Å². The van der Waals surface area contributed by atoms with Gasteiger partial charge in [0.15, 0.2) is 6.04 Å². The number of hydrogen-bond donors (Lipinski definition) is 5. The number of carboxylic acids is 1. The van der Waals surface area contributed by atoms with Gasteiger partial charge in [-0.2, -0.15) is 0 Å². The van der Waals surface area contributed by atoms with Crippen molar-refractivity contribution in [2.45, 2.75) is 85.0 Å². The average molecular weight is 646 g/mol. The van der Waals surface area contributed by atoms with Crippen LogP contribution in [-0.2, 0) is 33.5 Å². The summed E-state index contributed by atoms with van der Waals surface area (Å²) in [6.07, 6.45) is 0.324. The normalized spacial score (nSPS) is 17.9. The van der Waals surface area contributed by atoms with E-state index in [1.165, 1.54) is 24.0 Å². The highest BCUT2D eigenvalue weighted by molar-refractivity contribution is 6.38. The van der Waals surface area contributed by atoms with Gasteiger partial charge in [-0.15, -0.1) is 0 Å². The number of nitrogens with zero attached hydrogens (tertiary/aromatic N) is 1. The third-order valence-electron chi connectivity index (χ3n) is 7.63. The molecule has 0 radical (unpaired) electrons. The summed E-state index contributed by atoms with van der Waals surface area (Å²) in [4.78, 5) is 90.6. The molecular weight excluding hydrogens is 598 g/mol. The number of Topliss-reactive ketones (excluding diaryl/α,β-unsaturated/α-hetero) is 1. The summed E-state index contributed by atoms with van der Waals surface area (Å²) in [5, 5.41) is 19.2. The molecule has 0 bridgehead atoms. The van der Waals surface area contributed by atoms with Crippen molar-refractivity contribution in [1.29, 1.82) is 0 Å². The first-order valence-corrected chi connectivity index (χ1v) is 15.6. The first kappa shape index (κ1) is 37.7. The summed E-state index contributed by atoms with van der Waals surface area (Å²) in [5.74, 6) is -5.47. The number of likely N-dealkylation sites (tertiary alicyclic amines) is 1. The van der Waals surface area contributed by atoms with E-state index in [2.05, 4.69) is 21.3 Å². The number of carbonyl (C=O) groups is 7. The topological polar surface area (TPSA) is 200 Å². The molecule has 14 nitrogen and oxygen atoms in total. The zero-order valence-corrected chi connectivity index (χ0v) is 27.3. The van der Waals surface area contributed by atoms with Crippen LogP contribution in [0.15, 0.2) is 30.3 Å². The van der Waals surface area contributed by atoms with Crippen LogP contribution in [0.3, 0.4) is 0 Å². The Hall–Kier alpha value is -4.49. The minimum atomic E-state index is -1.36. The van der Waals surface area contributed by atoms with Gasteiger partial charge in [0.25, 0.3) is 5.91 Å². The van der Waals surface area contributed by atoms with Crippen molar-refractivity contribution in [3.63, 3.8) is 0 Å². The second kappa shape index (κ2) is 17.9. The number of alkyl carbamates (subject to hydrolysis) is 1. The highest BCUT2D eigenvalue weighted by atomic mass is 16.5. The SMILES string of the molecule is CCCC(NC(=O)[C@@H]1[C@@H](C(C)C)CCN1C(=O)[C@H](C)NC(=O)OCC(C)C)C(=O)C(=O)NCC(=O)N[C@H](C(=O)O)c1ccccc1. The van der Waals surface area contributed by atoms with Gasteiger partial charge in [-0.05, 0) is 43.1 Å². The molecule has 0 aliphatic carbocycles. The van der Waals surface area contributed by atoms with Crippen molar-refractivity contribution in [3.8, 4) is 0 Å². The molecule has 5 atom stereocenters. The fraction of sp³-hybridized carbons (Fsp3) is 0.594. The predicted molar refractivity (Wildman–Crippen MR) is 167 cm³/mol. The Morgan fingerprint density at radius 1 is 0.957 bits per heavy atom. The number of amides is 5. The Bertz CT molecular complexity index is 1250. The number of rotatable bonds is 16. The zero-order valence-electron chi connectivity index (χ0n) is 27.3. The van der Waals surface area contributed by atoms with E-state index in [0.717, 1.165) is 0 Å². The van der Waals surface area contributed by atoms with Crippen molar-refractivity contribution in [1.82, 2.24) is 26.2 Å². The Morgan fingerprint density at radius 2 is 1.61 bits per heavy atom. The lowest BCUT2D eigenvalue weighted by atomic mass is 9.88. The number of carbonyl (C=O) groups excluding carboxylic acids is 6. The Kier molecular flexibility index (Phi) is 14.6. The molecule has 5 amide bonds. The molecule has 1 saturated heterocycles. The molecule has 1 aromatic carbocycles. The van der Waals surface area contributed by atoms with E-state index in [9.17, 15) is 38.7 Å². The van der Waals surface area contributed by atoms with Crippen molar-refractivity contribution in [2.24, 2.45) is 17.8 Å². The number of aliphatic carboxylic acids is 1. The van der Waals surface area contributed by atoms with Crippen LogP contribution in [0.5, 0.6) is 0 Å². The Morgan fingerprint density at radius 3 is 2.17 bits per heavy atom. The molecule has 1 unspecified atom stereocenters. The molecule has 0 saturated carbocycles. The fourth-order valence-electron chi connectivity index (χ4n) is 5.23. The molecule has 46 heavy (non-hydrogen) atoms. The lowest BCUT2D eigenvalue weighted by Crippen LogP contribution is -2.57. The van der Waals surface area contributed by atoms with Gasteiger partial charge in [0.2, 0.25) is 23.5 Å². The van der Waals surface area contributed by atoms with Crippen LogP contribution < -0.4 is 21.3 Å². The molecule has 1 aromatic rings. The van der Waals surface area contributed by atoms with Crippen LogP contribution in [0, 0.1) is 17.8 Å². The lowest BCUT2D eigenvalue weighted by Gasteiger charge is -2.32. The van der Waals surface area contributed by atoms with Crippen LogP contribution in [0.25, 0.3) is 0 Å². The standard InChI is InChI=1S/C32H47N5O9/c1-7-11-23(27(39)29(41)33-16-24(38)36-25(31(43)44)21-12-9-8-10-13-21)35-28(40)26-22(19(4)5)14-15-37(26)30(42)20(6)34-32(45)46-17-18(2)3/h8-10,12-13,18-20,22-23,25-26H,7,11,14-17H2,1-6H3,(H,33,41)(H,34,45)(H,35,40)(H,36,38)(H,43,44)/t20-,22+,23?,25-,26-/m0/s1. The molecule has 1 fully saturated rings. The molecule has 0 spiro atoms. The number of benzene rings is 1. The van der Waals surface area contributed by atoms with E-state index in [1.807, 2.05) is 27.7 Å². The van der Waals surface area contributed by atoms with Gasteiger partial charge in [0.1, 0.15) is 12.1 Å². The van der Waals surface area contributed by atoms with Crippen LogP contribution in [-0.4, -0.2) is 89.3 Å². The number of ether oxygens (including phenoxy) is 1. The molecular formula is C32H47N5O9. The third-order valence-corrected chi connectivity index (χ3v) is 7.63. The van der Waals surface area contributed by atoms with E-state index >= 15 is 0 Å². The lowest BCUT2D eigenvalue weighted by molar-refractivity contribution is -0.144. The number of ketones is 1. The molecule has 5 N–H and O–H groups in total. The molecule has 14 heteroatoms. The fourth-order valence-corrected chi connectivity index (χ4v) is 5.23. The highest BCUT2D eigenvalue weighted by Gasteiger charge is 2.45. The number of carboxylic acid groups (broad SMARTS) is 1. The number of nitrogens with one attached hydrogen (secondary N) is 4. The minimum Gasteiger partial charge on any atom is -0.479 e. The quantitative estimate of drug-likeness (QED) is 0.165. The minimum absolute atomic E-state index is 0.000439. The van der Waals surface area contributed by atoms with E-state index < -0.39 is 72.2 Å². The number of hydrogen-bond acceptors (Lipinski definition) is 8. The maximum atomic E-state index is 13.7. The second-order valence-electron chi connectivity index (χ2n) is 12.2. The molecule has 0 aromatic heterocycles. The van der Waals surface area contributed by atoms with Crippen LogP contribution in [0.2, 0.25) is 0 Å². The smallest absolute Gasteiger partial charge is 0.407 e. The van der Waals surface area contributed by atoms with E-state index in [1.54, 1.807) is 25.1 Å². The van der Waals surface area contributed by atoms with Gasteiger partial charge in [-0.3, -0.25) is 24.0 Å². The van der Waals surface area contributed by atoms with Crippen LogP contribution >= 0.6 is 0 Å². The summed E-state index contributed by atoms with van der Waals surface area (Å²) >= 11 is 0. The van der Waals surface area contributed by atoms with Crippen molar-refractivity contribution >= 4 is 41.5 Å². The molecule has 254 valence electrons. The van der Waals surface area contributed by atoms with Gasteiger partial charge in [-0.1, -0.05) is 71.4 Å². The van der Waals surface area contributed by atoms with Crippen LogP contribution in [0.1, 0.15) is 72.4 Å². The van der Waals surface area contributed by atoms with Crippen molar-refractivity contribution in [2.75, 3.05) is 19.7 Å². The third kappa shape index (κ3) is 10.8. The maximum absolute atomic E-state index is 13.7. The van der Waals surface area contributed by atoms with Crippen LogP contribution in [0.4, 0.5) is 4.79 Å². The van der Waals surface area contributed by atoms with Gasteiger partial charge < -0.3 is 36.0 Å². The summed E-state index contributed by atoms with van der Waals surface area (Å²) in [5.41, 5.74) is 0.326. The van der Waals surface area contributed by atoms with Crippen molar-refractivity contribution < 1.29 is 43.4 Å². The molecule has 1 aliphatic rings. The zero-order chi connectivity index (χ0) is 34.6. The molecule has 1 heterocycles. The first-order valence-electron chi connectivity index (χ1n) is 15.6. The summed E-state index contributed by atoms with van der Waals surface area (Å²) in [6, 6.07) is 3.47. The highest BCUT2D eigenvalue weighted by Crippen LogP contribution is 2.31.